The Bertz CT molecular complexity index is 1590. The summed E-state index contributed by atoms with van der Waals surface area (Å²) in [5.41, 5.74) is 0.635. The highest BCUT2D eigenvalue weighted by Gasteiger charge is 2.51. The molecule has 8 nitrogen and oxygen atoms in total. The third kappa shape index (κ3) is 3.17. The predicted octanol–water partition coefficient (Wildman–Crippen LogP) is 2.95. The molecule has 1 aromatic heterocycles. The number of hydrogen-bond acceptors (Lipinski definition) is 6. The first-order valence-electron chi connectivity index (χ1n) is 12.4. The van der Waals surface area contributed by atoms with Gasteiger partial charge in [0.05, 0.1) is 18.6 Å². The fourth-order valence-corrected chi connectivity index (χ4v) is 7.35. The van der Waals surface area contributed by atoms with Crippen LogP contribution in [0.2, 0.25) is 0 Å². The van der Waals surface area contributed by atoms with Crippen molar-refractivity contribution in [1.29, 1.82) is 0 Å². The molecule has 2 unspecified atom stereocenters. The van der Waals surface area contributed by atoms with Crippen LogP contribution < -0.4 is 10.4 Å². The maximum Gasteiger partial charge on any atom is 0.278 e. The van der Waals surface area contributed by atoms with E-state index in [4.69, 9.17) is 0 Å². The first-order chi connectivity index (χ1) is 18.3. The number of amides is 2. The maximum absolute atomic E-state index is 15.3. The second-order valence-corrected chi connectivity index (χ2v) is 11.0. The lowest BCUT2D eigenvalue weighted by atomic mass is 9.92. The Kier molecular flexibility index (Phi) is 5.10. The molecule has 3 atom stereocenters. The van der Waals surface area contributed by atoms with Crippen LogP contribution in [0, 0.1) is 11.6 Å². The zero-order chi connectivity index (χ0) is 26.3. The molecular weight excluding hydrogens is 514 g/mol. The third-order valence-corrected chi connectivity index (χ3v) is 9.14. The van der Waals surface area contributed by atoms with Gasteiger partial charge in [0.15, 0.2) is 23.1 Å². The van der Waals surface area contributed by atoms with Crippen molar-refractivity contribution in [3.8, 4) is 5.75 Å². The summed E-state index contributed by atoms with van der Waals surface area (Å²) in [6.45, 7) is 0.439. The Hall–Kier alpha value is -3.86. The molecule has 4 aliphatic rings. The summed E-state index contributed by atoms with van der Waals surface area (Å²) in [6, 6.07) is 10.5. The van der Waals surface area contributed by atoms with Crippen LogP contribution in [-0.2, 0) is 10.5 Å². The summed E-state index contributed by atoms with van der Waals surface area (Å²) < 4.78 is 31.1. The van der Waals surface area contributed by atoms with E-state index in [1.54, 1.807) is 15.9 Å². The van der Waals surface area contributed by atoms with Crippen molar-refractivity contribution in [3.05, 3.63) is 92.9 Å². The van der Waals surface area contributed by atoms with Crippen molar-refractivity contribution in [2.75, 3.05) is 18.1 Å². The molecule has 5 heterocycles. The van der Waals surface area contributed by atoms with Crippen LogP contribution in [0.3, 0.4) is 0 Å². The average Bonchev–Trinajstić information content (AvgIpc) is 3.19. The van der Waals surface area contributed by atoms with Crippen molar-refractivity contribution in [1.82, 2.24) is 14.5 Å². The minimum absolute atomic E-state index is 0.000868. The molecule has 1 N–H and O–H groups in total. The van der Waals surface area contributed by atoms with Gasteiger partial charge in [-0.05, 0) is 29.7 Å². The summed E-state index contributed by atoms with van der Waals surface area (Å²) in [5, 5.41) is 12.6. The van der Waals surface area contributed by atoms with Crippen molar-refractivity contribution in [3.63, 3.8) is 0 Å². The monoisotopic (exact) mass is 536 g/mol. The second kappa shape index (κ2) is 8.32. The zero-order valence-electron chi connectivity index (χ0n) is 20.0. The molecule has 0 bridgehead atoms. The molecule has 2 saturated heterocycles. The minimum Gasteiger partial charge on any atom is -0.502 e. The van der Waals surface area contributed by atoms with Crippen LogP contribution >= 0.6 is 11.8 Å². The highest BCUT2D eigenvalue weighted by molar-refractivity contribution is 7.98. The molecule has 2 fully saturated rings. The first kappa shape index (κ1) is 23.3. The SMILES string of the molecule is O=C1c2c(O)c(=O)ccn2N(C2c3ccccc3SCc3c2ccc(F)c3F)C2CN3C(=O)CC[C@H]3CN12. The molecule has 0 radical (unpaired) electrons. The van der Waals surface area contributed by atoms with E-state index in [0.717, 1.165) is 16.5 Å². The molecule has 194 valence electrons. The number of aromatic nitrogens is 1. The van der Waals surface area contributed by atoms with E-state index < -0.39 is 40.9 Å². The molecule has 2 amide bonds. The largest absolute Gasteiger partial charge is 0.502 e. The van der Waals surface area contributed by atoms with Gasteiger partial charge in [-0.25, -0.2) is 8.78 Å². The van der Waals surface area contributed by atoms with Crippen LogP contribution in [0.1, 0.15) is 46.1 Å². The quantitative estimate of drug-likeness (QED) is 0.515. The van der Waals surface area contributed by atoms with E-state index in [-0.39, 0.29) is 42.0 Å². The van der Waals surface area contributed by atoms with E-state index in [1.165, 1.54) is 28.7 Å². The fourth-order valence-electron chi connectivity index (χ4n) is 6.24. The lowest BCUT2D eigenvalue weighted by Gasteiger charge is -2.54. The van der Waals surface area contributed by atoms with Crippen LogP contribution in [-0.4, -0.2) is 56.7 Å². The normalized spacial score (nSPS) is 23.8. The molecule has 0 spiro atoms. The third-order valence-electron chi connectivity index (χ3n) is 8.03. The molecule has 11 heteroatoms. The van der Waals surface area contributed by atoms with E-state index in [9.17, 15) is 23.9 Å². The van der Waals surface area contributed by atoms with Gasteiger partial charge >= 0.3 is 0 Å². The molecular formula is C27H22F2N4O4S. The number of benzene rings is 2. The number of aromatic hydroxyl groups is 1. The Morgan fingerprint density at radius 3 is 2.61 bits per heavy atom. The van der Waals surface area contributed by atoms with Crippen LogP contribution in [0.5, 0.6) is 5.75 Å². The van der Waals surface area contributed by atoms with Gasteiger partial charge < -0.3 is 14.9 Å². The fraction of sp³-hybridized carbons (Fsp3) is 0.296. The predicted molar refractivity (Wildman–Crippen MR) is 134 cm³/mol. The topological polar surface area (TPSA) is 86.1 Å². The Balaban J connectivity index is 1.52. The number of hydrogen-bond donors (Lipinski definition) is 1. The lowest BCUT2D eigenvalue weighted by Crippen LogP contribution is -2.70. The molecule has 4 aliphatic heterocycles. The summed E-state index contributed by atoms with van der Waals surface area (Å²) in [5.74, 6) is -2.87. The van der Waals surface area contributed by atoms with Gasteiger partial charge in [0.2, 0.25) is 11.3 Å². The van der Waals surface area contributed by atoms with Gasteiger partial charge in [0.1, 0.15) is 6.17 Å². The Labute approximate surface area is 220 Å². The van der Waals surface area contributed by atoms with Gasteiger partial charge in [-0.2, -0.15) is 0 Å². The number of nitrogens with zero attached hydrogens (tertiary/aromatic N) is 4. The van der Waals surface area contributed by atoms with Gasteiger partial charge in [0, 0.05) is 41.4 Å². The number of rotatable bonds is 1. The molecule has 0 saturated carbocycles. The van der Waals surface area contributed by atoms with Crippen molar-refractivity contribution in [2.24, 2.45) is 0 Å². The highest BCUT2D eigenvalue weighted by Crippen LogP contribution is 2.45. The van der Waals surface area contributed by atoms with Crippen molar-refractivity contribution >= 4 is 23.6 Å². The number of halogens is 2. The summed E-state index contributed by atoms with van der Waals surface area (Å²) in [4.78, 5) is 43.2. The number of carbonyl (C=O) groups is 2. The van der Waals surface area contributed by atoms with E-state index in [0.29, 0.717) is 18.4 Å². The second-order valence-electron chi connectivity index (χ2n) is 9.94. The molecule has 0 aliphatic carbocycles. The van der Waals surface area contributed by atoms with E-state index in [1.807, 2.05) is 29.3 Å². The molecule has 38 heavy (non-hydrogen) atoms. The molecule has 7 rings (SSSR count). The zero-order valence-corrected chi connectivity index (χ0v) is 20.8. The number of thioether (sulfide) groups is 1. The maximum atomic E-state index is 15.3. The minimum atomic E-state index is -0.950. The molecule has 3 aromatic rings. The van der Waals surface area contributed by atoms with E-state index >= 15 is 4.39 Å². The Morgan fingerprint density at radius 1 is 0.947 bits per heavy atom. The Morgan fingerprint density at radius 2 is 1.76 bits per heavy atom. The standard InChI is InChI=1S/C27H22F2N4O4S/c28-18-7-6-15-17(23(18)29)13-38-20-4-2-1-3-16(20)24(15)33-21-12-30-14(5-8-22(30)35)11-31(21)27(37)25-26(36)19(34)9-10-32(25)33/h1-4,6-7,9-10,14,21,24,36H,5,8,11-13H2/t14-,21?,24?/m0/s1. The number of piperazine rings is 1. The van der Waals surface area contributed by atoms with Gasteiger partial charge in [0.25, 0.3) is 5.91 Å². The van der Waals surface area contributed by atoms with Crippen molar-refractivity contribution in [2.45, 2.75) is 41.7 Å². The highest BCUT2D eigenvalue weighted by atomic mass is 32.2. The summed E-state index contributed by atoms with van der Waals surface area (Å²) in [6.07, 6.45) is 1.73. The average molecular weight is 537 g/mol. The van der Waals surface area contributed by atoms with E-state index in [2.05, 4.69) is 0 Å². The number of pyridine rings is 1. The van der Waals surface area contributed by atoms with Crippen LogP contribution in [0.15, 0.2) is 58.4 Å². The van der Waals surface area contributed by atoms with Gasteiger partial charge in [-0.15, -0.1) is 11.8 Å². The van der Waals surface area contributed by atoms with Crippen LogP contribution in [0.4, 0.5) is 8.78 Å². The summed E-state index contributed by atoms with van der Waals surface area (Å²) >= 11 is 1.39. The first-order valence-corrected chi connectivity index (χ1v) is 13.4. The number of fused-ring (bicyclic) bond motifs is 5. The lowest BCUT2D eigenvalue weighted by molar-refractivity contribution is -0.132. The van der Waals surface area contributed by atoms with Crippen LogP contribution in [0.25, 0.3) is 0 Å². The molecule has 2 aromatic carbocycles. The van der Waals surface area contributed by atoms with Gasteiger partial charge in [-0.1, -0.05) is 24.3 Å². The van der Waals surface area contributed by atoms with Crippen molar-refractivity contribution < 1.29 is 23.5 Å². The number of carbonyl (C=O) groups excluding carboxylic acids is 2. The summed E-state index contributed by atoms with van der Waals surface area (Å²) in [7, 11) is 0. The smallest absolute Gasteiger partial charge is 0.278 e. The van der Waals surface area contributed by atoms with Gasteiger partial charge in [-0.3, -0.25) is 24.1 Å².